The van der Waals surface area contributed by atoms with Gasteiger partial charge in [-0.05, 0) is 13.0 Å². The molecule has 0 radical (unpaired) electrons. The Morgan fingerprint density at radius 2 is 2.25 bits per heavy atom. The highest BCUT2D eigenvalue weighted by Crippen LogP contribution is 2.27. The van der Waals surface area contributed by atoms with Gasteiger partial charge >= 0.3 is 5.97 Å². The Morgan fingerprint density at radius 3 is 3.00 bits per heavy atom. The lowest BCUT2D eigenvalue weighted by atomic mass is 10.1. The Hall–Kier alpha value is -2.63. The molecule has 0 unspecified atom stereocenters. The summed E-state index contributed by atoms with van der Waals surface area (Å²) in [6, 6.07) is 3.54. The molecule has 0 aliphatic rings. The number of H-pyrrole nitrogens is 1. The van der Waals surface area contributed by atoms with Crippen LogP contribution in [0.15, 0.2) is 24.5 Å². The third-order valence-corrected chi connectivity index (χ3v) is 3.03. The maximum Gasteiger partial charge on any atom is 0.340 e. The molecule has 0 aliphatic heterocycles. The van der Waals surface area contributed by atoms with Gasteiger partial charge in [-0.2, -0.15) is 0 Å². The van der Waals surface area contributed by atoms with Crippen LogP contribution in [-0.4, -0.2) is 34.6 Å². The van der Waals surface area contributed by atoms with E-state index in [9.17, 15) is 4.79 Å². The van der Waals surface area contributed by atoms with Gasteiger partial charge < -0.3 is 14.5 Å². The summed E-state index contributed by atoms with van der Waals surface area (Å²) in [6.45, 7) is 2.10. The van der Waals surface area contributed by atoms with Gasteiger partial charge in [0.25, 0.3) is 0 Å². The fraction of sp³-hybridized carbons (Fsp3) is 0.214. The van der Waals surface area contributed by atoms with Gasteiger partial charge in [-0.1, -0.05) is 0 Å². The van der Waals surface area contributed by atoms with Gasteiger partial charge in [-0.25, -0.2) is 9.78 Å². The Labute approximate surface area is 114 Å². The molecular formula is C14H13N3O3. The maximum absolute atomic E-state index is 12.0. The van der Waals surface area contributed by atoms with E-state index in [2.05, 4.69) is 15.0 Å². The van der Waals surface area contributed by atoms with E-state index in [1.54, 1.807) is 32.5 Å². The van der Waals surface area contributed by atoms with Crippen LogP contribution in [0.5, 0.6) is 5.88 Å². The Bertz CT molecular complexity index is 795. The van der Waals surface area contributed by atoms with Gasteiger partial charge in [0, 0.05) is 17.6 Å². The third kappa shape index (κ3) is 1.85. The number of carbonyl (C=O) groups is 1. The summed E-state index contributed by atoms with van der Waals surface area (Å²) in [5.74, 6) is 0.0960. The predicted molar refractivity (Wildman–Crippen MR) is 73.9 cm³/mol. The minimum atomic E-state index is -0.379. The average Bonchev–Trinajstić information content (AvgIpc) is 2.91. The number of aromatic nitrogens is 3. The van der Waals surface area contributed by atoms with E-state index in [0.717, 1.165) is 5.52 Å². The number of nitrogens with one attached hydrogen (secondary N) is 1. The Kier molecular flexibility index (Phi) is 2.98. The van der Waals surface area contributed by atoms with Crippen LogP contribution in [-0.2, 0) is 4.74 Å². The first kappa shape index (κ1) is 12.4. The van der Waals surface area contributed by atoms with Crippen molar-refractivity contribution in [3.05, 3.63) is 30.1 Å². The number of hydrogen-bond acceptors (Lipinski definition) is 5. The minimum Gasteiger partial charge on any atom is -0.481 e. The molecule has 0 aromatic carbocycles. The first-order valence-corrected chi connectivity index (χ1v) is 6.22. The largest absolute Gasteiger partial charge is 0.481 e. The van der Waals surface area contributed by atoms with Crippen LogP contribution in [0.4, 0.5) is 0 Å². The first-order valence-electron chi connectivity index (χ1n) is 6.22. The van der Waals surface area contributed by atoms with Crippen LogP contribution in [0, 0.1) is 0 Å². The molecule has 102 valence electrons. The zero-order chi connectivity index (χ0) is 14.1. The van der Waals surface area contributed by atoms with Gasteiger partial charge in [-0.15, -0.1) is 0 Å². The number of carbonyl (C=O) groups excluding carboxylic acids is 1. The van der Waals surface area contributed by atoms with Crippen molar-refractivity contribution in [3.63, 3.8) is 0 Å². The molecule has 3 aromatic rings. The second-order valence-electron chi connectivity index (χ2n) is 4.19. The fourth-order valence-electron chi connectivity index (χ4n) is 2.14. The highest BCUT2D eigenvalue weighted by molar-refractivity contribution is 6.13. The number of hydrogen-bond donors (Lipinski definition) is 1. The van der Waals surface area contributed by atoms with E-state index in [1.165, 1.54) is 0 Å². The summed E-state index contributed by atoms with van der Waals surface area (Å²) in [5, 5.41) is 0.701. The molecule has 20 heavy (non-hydrogen) atoms. The summed E-state index contributed by atoms with van der Waals surface area (Å²) in [7, 11) is 1.55. The molecular weight excluding hydrogens is 258 g/mol. The number of aromatic amines is 1. The molecule has 0 bridgehead atoms. The van der Waals surface area contributed by atoms with Crippen molar-refractivity contribution < 1.29 is 14.3 Å². The van der Waals surface area contributed by atoms with Gasteiger partial charge in [-0.3, -0.25) is 4.98 Å². The maximum atomic E-state index is 12.0. The highest BCUT2D eigenvalue weighted by atomic mass is 16.5. The molecule has 0 saturated heterocycles. The fourth-order valence-corrected chi connectivity index (χ4v) is 2.14. The van der Waals surface area contributed by atoms with Crippen LogP contribution in [0.3, 0.4) is 0 Å². The van der Waals surface area contributed by atoms with Gasteiger partial charge in [0.1, 0.15) is 5.52 Å². The summed E-state index contributed by atoms with van der Waals surface area (Å²) < 4.78 is 10.2. The molecule has 0 amide bonds. The van der Waals surface area contributed by atoms with Crippen molar-refractivity contribution in [1.29, 1.82) is 0 Å². The van der Waals surface area contributed by atoms with E-state index in [-0.39, 0.29) is 5.97 Å². The average molecular weight is 271 g/mol. The Morgan fingerprint density at radius 1 is 1.40 bits per heavy atom. The van der Waals surface area contributed by atoms with Crippen molar-refractivity contribution >= 4 is 27.9 Å². The molecule has 0 spiro atoms. The number of fused-ring (bicyclic) bond motifs is 3. The smallest absolute Gasteiger partial charge is 0.340 e. The van der Waals surface area contributed by atoms with E-state index in [4.69, 9.17) is 9.47 Å². The number of methoxy groups -OCH3 is 1. The zero-order valence-corrected chi connectivity index (χ0v) is 11.1. The summed E-state index contributed by atoms with van der Waals surface area (Å²) in [4.78, 5) is 23.7. The predicted octanol–water partition coefficient (Wildman–Crippen LogP) is 2.30. The molecule has 3 aromatic heterocycles. The van der Waals surface area contributed by atoms with Crippen molar-refractivity contribution in [2.75, 3.05) is 13.7 Å². The van der Waals surface area contributed by atoms with E-state index in [1.807, 2.05) is 6.07 Å². The normalized spacial score (nSPS) is 10.9. The monoisotopic (exact) mass is 271 g/mol. The number of pyridine rings is 2. The lowest BCUT2D eigenvalue weighted by Gasteiger charge is -2.04. The molecule has 6 heteroatoms. The van der Waals surface area contributed by atoms with E-state index < -0.39 is 0 Å². The lowest BCUT2D eigenvalue weighted by Crippen LogP contribution is -2.04. The summed E-state index contributed by atoms with van der Waals surface area (Å²) in [6.07, 6.45) is 3.29. The molecule has 0 atom stereocenters. The van der Waals surface area contributed by atoms with Gasteiger partial charge in [0.2, 0.25) is 5.88 Å². The standard InChI is InChI=1S/C14H13N3O3/c1-3-20-14(18)8-6-15-10-7-16-9-4-5-11(19-2)17-13(9)12(8)10/h4-7,15H,3H2,1-2H3. The van der Waals surface area contributed by atoms with Crippen LogP contribution >= 0.6 is 0 Å². The van der Waals surface area contributed by atoms with Crippen molar-refractivity contribution in [1.82, 2.24) is 15.0 Å². The number of ether oxygens (including phenoxy) is 2. The molecule has 3 rings (SSSR count). The lowest BCUT2D eigenvalue weighted by molar-refractivity contribution is 0.0529. The summed E-state index contributed by atoms with van der Waals surface area (Å²) >= 11 is 0. The molecule has 3 heterocycles. The van der Waals surface area contributed by atoms with E-state index >= 15 is 0 Å². The third-order valence-electron chi connectivity index (χ3n) is 3.03. The molecule has 0 fully saturated rings. The second kappa shape index (κ2) is 4.80. The molecule has 1 N–H and O–H groups in total. The SMILES string of the molecule is CCOC(=O)c1c[nH]c2cnc3ccc(OC)nc3c12. The quantitative estimate of drug-likeness (QED) is 0.739. The van der Waals surface area contributed by atoms with Crippen LogP contribution in [0.25, 0.3) is 21.9 Å². The molecule has 0 saturated carbocycles. The first-order chi connectivity index (χ1) is 9.74. The van der Waals surface area contributed by atoms with Crippen molar-refractivity contribution in [2.45, 2.75) is 6.92 Å². The Balaban J connectivity index is 2.32. The highest BCUT2D eigenvalue weighted by Gasteiger charge is 2.17. The summed E-state index contributed by atoms with van der Waals surface area (Å²) in [5.41, 5.74) is 2.51. The number of esters is 1. The van der Waals surface area contributed by atoms with Crippen molar-refractivity contribution in [2.24, 2.45) is 0 Å². The number of rotatable bonds is 3. The van der Waals surface area contributed by atoms with Gasteiger partial charge in [0.05, 0.1) is 36.5 Å². The van der Waals surface area contributed by atoms with Crippen LogP contribution < -0.4 is 4.74 Å². The molecule has 6 nitrogen and oxygen atoms in total. The van der Waals surface area contributed by atoms with E-state index in [0.29, 0.717) is 34.5 Å². The van der Waals surface area contributed by atoms with Crippen LogP contribution in [0.1, 0.15) is 17.3 Å². The topological polar surface area (TPSA) is 77.1 Å². The molecule has 0 aliphatic carbocycles. The van der Waals surface area contributed by atoms with Crippen LogP contribution in [0.2, 0.25) is 0 Å². The van der Waals surface area contributed by atoms with Gasteiger partial charge in [0.15, 0.2) is 0 Å². The zero-order valence-electron chi connectivity index (χ0n) is 11.1. The second-order valence-corrected chi connectivity index (χ2v) is 4.19. The minimum absolute atomic E-state index is 0.325. The van der Waals surface area contributed by atoms with Crippen molar-refractivity contribution in [3.8, 4) is 5.88 Å². The number of nitrogens with zero attached hydrogens (tertiary/aromatic N) is 2.